The molecule has 0 radical (unpaired) electrons. The van der Waals surface area contributed by atoms with Crippen LogP contribution in [0.25, 0.3) is 0 Å². The summed E-state index contributed by atoms with van der Waals surface area (Å²) in [7, 11) is 1.27. The minimum absolute atomic E-state index is 0.0746. The molecule has 0 heterocycles. The fourth-order valence-corrected chi connectivity index (χ4v) is 1.32. The summed E-state index contributed by atoms with van der Waals surface area (Å²) in [6.45, 7) is 1.58. The molecule has 0 saturated carbocycles. The molecule has 0 aliphatic carbocycles. The Balaban J connectivity index is 3.32. The van der Waals surface area contributed by atoms with E-state index in [0.29, 0.717) is 0 Å². The topological polar surface area (TPSA) is 35.2 Å². The molecule has 84 valence electrons. The second-order valence-electron chi connectivity index (χ2n) is 3.21. The monoisotopic (exact) mass is 219 g/mol. The molecule has 15 heavy (non-hydrogen) atoms. The third kappa shape index (κ3) is 2.41. The Morgan fingerprint density at radius 3 is 2.33 bits per heavy atom. The van der Waals surface area contributed by atoms with Crippen LogP contribution in [-0.2, 0) is 0 Å². The van der Waals surface area contributed by atoms with Gasteiger partial charge in [-0.2, -0.15) is 0 Å². The number of benzene rings is 1. The van der Waals surface area contributed by atoms with Gasteiger partial charge in [0.1, 0.15) is 0 Å². The van der Waals surface area contributed by atoms with Gasteiger partial charge in [-0.3, -0.25) is 0 Å². The summed E-state index contributed by atoms with van der Waals surface area (Å²) in [5.41, 5.74) is 5.39. The molecule has 0 spiro atoms. The average Bonchev–Trinajstić information content (AvgIpc) is 2.16. The number of nitrogens with two attached hydrogens (primary N) is 1. The van der Waals surface area contributed by atoms with Crippen LogP contribution in [0.1, 0.15) is 30.5 Å². The van der Waals surface area contributed by atoms with Crippen molar-refractivity contribution in [1.29, 1.82) is 0 Å². The lowest BCUT2D eigenvalue weighted by molar-refractivity contribution is 0.150. The van der Waals surface area contributed by atoms with Gasteiger partial charge >= 0.3 is 0 Å². The van der Waals surface area contributed by atoms with Crippen LogP contribution < -0.4 is 10.5 Å². The zero-order valence-electron chi connectivity index (χ0n) is 8.43. The first-order valence-electron chi connectivity index (χ1n) is 4.38. The van der Waals surface area contributed by atoms with Crippen LogP contribution in [0.15, 0.2) is 12.1 Å². The molecule has 0 bridgehead atoms. The average molecular weight is 219 g/mol. The molecule has 1 aromatic rings. The zero-order valence-corrected chi connectivity index (χ0v) is 8.43. The highest BCUT2D eigenvalue weighted by Gasteiger charge is 2.18. The van der Waals surface area contributed by atoms with Crippen LogP contribution >= 0.6 is 0 Å². The Morgan fingerprint density at radius 1 is 1.33 bits per heavy atom. The summed E-state index contributed by atoms with van der Waals surface area (Å²) in [6.07, 6.45) is -2.72. The Kier molecular flexibility index (Phi) is 3.57. The maximum atomic E-state index is 13.3. The van der Waals surface area contributed by atoms with Gasteiger partial charge in [-0.1, -0.05) is 0 Å². The van der Waals surface area contributed by atoms with Crippen LogP contribution in [0.2, 0.25) is 0 Å². The third-order valence-electron chi connectivity index (χ3n) is 2.04. The molecule has 0 aliphatic rings. The summed E-state index contributed by atoms with van der Waals surface area (Å²) in [5, 5.41) is 0. The summed E-state index contributed by atoms with van der Waals surface area (Å²) in [5.74, 6) is -0.892. The van der Waals surface area contributed by atoms with Crippen molar-refractivity contribution in [3.8, 4) is 5.75 Å². The predicted molar refractivity (Wildman–Crippen MR) is 50.5 cm³/mol. The maximum Gasteiger partial charge on any atom is 0.263 e. The van der Waals surface area contributed by atoms with E-state index in [1.807, 2.05) is 0 Å². The minimum Gasteiger partial charge on any atom is -0.493 e. The second-order valence-corrected chi connectivity index (χ2v) is 3.21. The van der Waals surface area contributed by atoms with E-state index in [9.17, 15) is 13.2 Å². The van der Waals surface area contributed by atoms with Gasteiger partial charge in [-0.25, -0.2) is 13.2 Å². The molecule has 0 aromatic heterocycles. The zero-order chi connectivity index (χ0) is 11.6. The first kappa shape index (κ1) is 11.8. The molecule has 1 atom stereocenters. The lowest BCUT2D eigenvalue weighted by Gasteiger charge is -2.14. The van der Waals surface area contributed by atoms with Crippen molar-refractivity contribution in [2.45, 2.75) is 19.4 Å². The summed E-state index contributed by atoms with van der Waals surface area (Å²) >= 11 is 0. The minimum atomic E-state index is -2.72. The number of alkyl halides is 2. The fraction of sp³-hybridized carbons (Fsp3) is 0.400. The highest BCUT2D eigenvalue weighted by atomic mass is 19.3. The lowest BCUT2D eigenvalue weighted by Crippen LogP contribution is -2.09. The Hall–Kier alpha value is -1.23. The molecule has 1 unspecified atom stereocenters. The van der Waals surface area contributed by atoms with Crippen molar-refractivity contribution in [1.82, 2.24) is 0 Å². The van der Waals surface area contributed by atoms with E-state index in [-0.39, 0.29) is 16.9 Å². The van der Waals surface area contributed by atoms with Crippen molar-refractivity contribution >= 4 is 0 Å². The van der Waals surface area contributed by atoms with E-state index in [4.69, 9.17) is 10.5 Å². The van der Waals surface area contributed by atoms with E-state index in [1.165, 1.54) is 7.11 Å². The van der Waals surface area contributed by atoms with Crippen molar-refractivity contribution in [2.75, 3.05) is 7.11 Å². The van der Waals surface area contributed by atoms with Gasteiger partial charge in [-0.15, -0.1) is 0 Å². The second kappa shape index (κ2) is 4.53. The molecule has 2 N–H and O–H groups in total. The predicted octanol–water partition coefficient (Wildman–Crippen LogP) is 2.79. The Bertz CT molecular complexity index is 353. The number of methoxy groups -OCH3 is 1. The highest BCUT2D eigenvalue weighted by molar-refractivity contribution is 5.40. The molecule has 1 aromatic carbocycles. The molecular formula is C10H12F3NO. The van der Waals surface area contributed by atoms with E-state index in [2.05, 4.69) is 0 Å². The number of hydrogen-bond donors (Lipinski definition) is 1. The molecule has 0 saturated heterocycles. The lowest BCUT2D eigenvalue weighted by atomic mass is 10.0. The standard InChI is InChI=1S/C10H12F3NO/c1-5(14)7-3-6(10(12)13)4-8(11)9(7)15-2/h3-5,10H,14H2,1-2H3. The molecule has 2 nitrogen and oxygen atoms in total. The van der Waals surface area contributed by atoms with Gasteiger partial charge in [0.05, 0.1) is 7.11 Å². The van der Waals surface area contributed by atoms with Crippen molar-refractivity contribution in [3.05, 3.63) is 29.1 Å². The molecular weight excluding hydrogens is 207 g/mol. The summed E-state index contributed by atoms with van der Waals surface area (Å²) in [4.78, 5) is 0. The molecule has 5 heteroatoms. The SMILES string of the molecule is COc1c(F)cc(C(F)F)cc1C(C)N. The van der Waals surface area contributed by atoms with Gasteiger partial charge in [-0.05, 0) is 19.1 Å². The van der Waals surface area contributed by atoms with Gasteiger partial charge < -0.3 is 10.5 Å². The van der Waals surface area contributed by atoms with Gasteiger partial charge in [0.2, 0.25) is 0 Å². The van der Waals surface area contributed by atoms with E-state index in [0.717, 1.165) is 12.1 Å². The Labute approximate surface area is 85.8 Å². The van der Waals surface area contributed by atoms with Gasteiger partial charge in [0.15, 0.2) is 11.6 Å². The van der Waals surface area contributed by atoms with E-state index >= 15 is 0 Å². The van der Waals surface area contributed by atoms with Crippen molar-refractivity contribution in [3.63, 3.8) is 0 Å². The third-order valence-corrected chi connectivity index (χ3v) is 2.04. The van der Waals surface area contributed by atoms with Crippen LogP contribution in [-0.4, -0.2) is 7.11 Å². The fourth-order valence-electron chi connectivity index (χ4n) is 1.32. The first-order valence-corrected chi connectivity index (χ1v) is 4.38. The van der Waals surface area contributed by atoms with Crippen molar-refractivity contribution in [2.24, 2.45) is 5.73 Å². The molecule has 1 rings (SSSR count). The molecule has 0 amide bonds. The van der Waals surface area contributed by atoms with Gasteiger partial charge in [0.25, 0.3) is 6.43 Å². The van der Waals surface area contributed by atoms with Crippen LogP contribution in [0.5, 0.6) is 5.75 Å². The summed E-state index contributed by atoms with van der Waals surface area (Å²) in [6, 6.07) is 1.36. The van der Waals surface area contributed by atoms with E-state index < -0.39 is 18.3 Å². The van der Waals surface area contributed by atoms with Crippen LogP contribution in [0.4, 0.5) is 13.2 Å². The quantitative estimate of drug-likeness (QED) is 0.848. The van der Waals surface area contributed by atoms with Gasteiger partial charge in [0, 0.05) is 17.2 Å². The normalized spacial score (nSPS) is 13.0. The molecule has 0 fully saturated rings. The van der Waals surface area contributed by atoms with Crippen LogP contribution in [0, 0.1) is 5.82 Å². The Morgan fingerprint density at radius 2 is 1.93 bits per heavy atom. The number of ether oxygens (including phenoxy) is 1. The largest absolute Gasteiger partial charge is 0.493 e. The first-order chi connectivity index (χ1) is 6.97. The smallest absolute Gasteiger partial charge is 0.263 e. The molecule has 0 aliphatic heterocycles. The number of hydrogen-bond acceptors (Lipinski definition) is 2. The maximum absolute atomic E-state index is 13.3. The number of rotatable bonds is 3. The van der Waals surface area contributed by atoms with E-state index in [1.54, 1.807) is 6.92 Å². The van der Waals surface area contributed by atoms with Crippen LogP contribution in [0.3, 0.4) is 0 Å². The van der Waals surface area contributed by atoms with Crippen molar-refractivity contribution < 1.29 is 17.9 Å². The highest BCUT2D eigenvalue weighted by Crippen LogP contribution is 2.31. The summed E-state index contributed by atoms with van der Waals surface area (Å²) < 4.78 is 42.8. The number of halogens is 3.